The summed E-state index contributed by atoms with van der Waals surface area (Å²) in [7, 11) is 0. The number of alkyl halides is 1. The third-order valence-electron chi connectivity index (χ3n) is 11.1. The molecule has 0 spiro atoms. The number of hydrogen-bond acceptors (Lipinski definition) is 1. The standard InChI is InChI=1S/C28H39BrO/c1-17-11-12-25(3)13-14-26(4)22-10-7-19-18(2)21(30)9-8-20(19)28(22,6)24(29)16-27(26,5)23(25)15-17/h7-10,17,22-24,30H,11-16H2,1-6H3. The molecular weight excluding hydrogens is 432 g/mol. The molecule has 4 aliphatic carbocycles. The Balaban J connectivity index is 1.67. The molecule has 0 aromatic heterocycles. The average Bonchev–Trinajstić information content (AvgIpc) is 2.69. The third-order valence-corrected chi connectivity index (χ3v) is 12.4. The van der Waals surface area contributed by atoms with Crippen molar-refractivity contribution >= 4 is 22.0 Å². The number of aromatic hydroxyl groups is 1. The predicted octanol–water partition coefficient (Wildman–Crippen LogP) is 8.02. The Bertz CT molecular complexity index is 919. The molecule has 8 unspecified atom stereocenters. The Morgan fingerprint density at radius 3 is 2.50 bits per heavy atom. The fourth-order valence-electron chi connectivity index (χ4n) is 8.78. The van der Waals surface area contributed by atoms with Crippen LogP contribution in [0.25, 0.3) is 6.08 Å². The first kappa shape index (κ1) is 21.1. The van der Waals surface area contributed by atoms with Gasteiger partial charge in [0.2, 0.25) is 0 Å². The normalized spacial score (nSPS) is 49.6. The lowest BCUT2D eigenvalue weighted by atomic mass is 9.34. The van der Waals surface area contributed by atoms with Crippen LogP contribution in [0.4, 0.5) is 0 Å². The molecule has 0 aliphatic heterocycles. The molecule has 4 aliphatic rings. The molecule has 0 heterocycles. The van der Waals surface area contributed by atoms with Gasteiger partial charge in [0.15, 0.2) is 0 Å². The number of benzene rings is 1. The van der Waals surface area contributed by atoms with Crippen LogP contribution in [0.1, 0.15) is 89.8 Å². The molecule has 1 aromatic carbocycles. The Labute approximate surface area is 191 Å². The maximum atomic E-state index is 10.3. The van der Waals surface area contributed by atoms with Crippen LogP contribution in [0, 0.1) is 40.9 Å². The zero-order chi connectivity index (χ0) is 21.7. The van der Waals surface area contributed by atoms with Crippen molar-refractivity contribution in [3.05, 3.63) is 34.9 Å². The van der Waals surface area contributed by atoms with Gasteiger partial charge in [0.25, 0.3) is 0 Å². The second-order valence-corrected chi connectivity index (χ2v) is 13.5. The molecule has 3 saturated carbocycles. The van der Waals surface area contributed by atoms with Crippen molar-refractivity contribution in [2.24, 2.45) is 34.0 Å². The van der Waals surface area contributed by atoms with Gasteiger partial charge in [-0.3, -0.25) is 0 Å². The summed E-state index contributed by atoms with van der Waals surface area (Å²) in [6, 6.07) is 4.14. The maximum Gasteiger partial charge on any atom is 0.119 e. The van der Waals surface area contributed by atoms with Crippen LogP contribution in [0.3, 0.4) is 0 Å². The number of phenolic OH excluding ortho intramolecular Hbond substituents is 1. The second-order valence-electron chi connectivity index (χ2n) is 12.4. The minimum Gasteiger partial charge on any atom is -0.508 e. The summed E-state index contributed by atoms with van der Waals surface area (Å²) < 4.78 is 0. The summed E-state index contributed by atoms with van der Waals surface area (Å²) >= 11 is 4.27. The average molecular weight is 472 g/mol. The van der Waals surface area contributed by atoms with Gasteiger partial charge in [-0.25, -0.2) is 0 Å². The highest BCUT2D eigenvalue weighted by Gasteiger charge is 2.68. The number of rotatable bonds is 0. The molecule has 1 aromatic rings. The lowest BCUT2D eigenvalue weighted by Crippen LogP contribution is -2.67. The highest BCUT2D eigenvalue weighted by atomic mass is 79.9. The summed E-state index contributed by atoms with van der Waals surface area (Å²) in [5.41, 5.74) is 4.93. The van der Waals surface area contributed by atoms with Crippen LogP contribution in [0.5, 0.6) is 5.75 Å². The Kier molecular flexibility index (Phi) is 4.50. The Morgan fingerprint density at radius 1 is 1.03 bits per heavy atom. The molecule has 2 heteroatoms. The van der Waals surface area contributed by atoms with Gasteiger partial charge >= 0.3 is 0 Å². The minimum absolute atomic E-state index is 0.0603. The molecule has 30 heavy (non-hydrogen) atoms. The van der Waals surface area contributed by atoms with Crippen molar-refractivity contribution in [1.82, 2.24) is 0 Å². The van der Waals surface area contributed by atoms with E-state index in [0.717, 1.165) is 17.4 Å². The summed E-state index contributed by atoms with van der Waals surface area (Å²) in [5.74, 6) is 2.61. The van der Waals surface area contributed by atoms with E-state index >= 15 is 0 Å². The molecule has 0 radical (unpaired) electrons. The van der Waals surface area contributed by atoms with Crippen LogP contribution in [0.2, 0.25) is 0 Å². The highest BCUT2D eigenvalue weighted by Crippen LogP contribution is 2.74. The summed E-state index contributed by atoms with van der Waals surface area (Å²) in [6.45, 7) is 15.0. The molecule has 3 fully saturated rings. The molecule has 8 atom stereocenters. The van der Waals surface area contributed by atoms with Crippen LogP contribution in [-0.2, 0) is 5.41 Å². The molecule has 5 rings (SSSR count). The minimum atomic E-state index is 0.0603. The van der Waals surface area contributed by atoms with Gasteiger partial charge in [-0.15, -0.1) is 0 Å². The van der Waals surface area contributed by atoms with Crippen molar-refractivity contribution in [2.75, 3.05) is 0 Å². The van der Waals surface area contributed by atoms with Crippen molar-refractivity contribution in [3.8, 4) is 5.75 Å². The Hall–Kier alpha value is -0.760. The molecule has 0 bridgehead atoms. The van der Waals surface area contributed by atoms with Gasteiger partial charge in [-0.05, 0) is 95.8 Å². The van der Waals surface area contributed by atoms with Crippen LogP contribution >= 0.6 is 15.9 Å². The monoisotopic (exact) mass is 470 g/mol. The fourth-order valence-corrected chi connectivity index (χ4v) is 9.99. The first-order valence-electron chi connectivity index (χ1n) is 12.1. The van der Waals surface area contributed by atoms with Gasteiger partial charge in [-0.1, -0.05) is 75.2 Å². The third kappa shape index (κ3) is 2.41. The van der Waals surface area contributed by atoms with Crippen molar-refractivity contribution in [2.45, 2.75) is 90.3 Å². The zero-order valence-electron chi connectivity index (χ0n) is 19.7. The van der Waals surface area contributed by atoms with Crippen molar-refractivity contribution in [3.63, 3.8) is 0 Å². The lowest BCUT2D eigenvalue weighted by Gasteiger charge is -2.71. The van der Waals surface area contributed by atoms with E-state index in [4.69, 9.17) is 0 Å². The van der Waals surface area contributed by atoms with E-state index < -0.39 is 0 Å². The van der Waals surface area contributed by atoms with Crippen LogP contribution < -0.4 is 0 Å². The van der Waals surface area contributed by atoms with E-state index in [-0.39, 0.29) is 5.41 Å². The van der Waals surface area contributed by atoms with E-state index in [1.165, 1.54) is 49.7 Å². The van der Waals surface area contributed by atoms with E-state index in [1.807, 2.05) is 6.07 Å². The molecular formula is C28H39BrO. The number of hydrogen-bond donors (Lipinski definition) is 1. The maximum absolute atomic E-state index is 10.3. The molecule has 0 saturated heterocycles. The number of fused-ring (bicyclic) bond motifs is 7. The van der Waals surface area contributed by atoms with Crippen LogP contribution in [0.15, 0.2) is 18.2 Å². The number of phenols is 1. The van der Waals surface area contributed by atoms with Gasteiger partial charge < -0.3 is 5.11 Å². The van der Waals surface area contributed by atoms with Gasteiger partial charge in [-0.2, -0.15) is 0 Å². The quantitative estimate of drug-likeness (QED) is 0.380. The van der Waals surface area contributed by atoms with E-state index in [0.29, 0.717) is 32.7 Å². The van der Waals surface area contributed by atoms with E-state index in [9.17, 15) is 5.11 Å². The van der Waals surface area contributed by atoms with Gasteiger partial charge in [0.1, 0.15) is 5.75 Å². The molecule has 0 amide bonds. The first-order valence-corrected chi connectivity index (χ1v) is 13.0. The van der Waals surface area contributed by atoms with E-state index in [1.54, 1.807) is 0 Å². The van der Waals surface area contributed by atoms with Gasteiger partial charge in [0, 0.05) is 10.2 Å². The summed E-state index contributed by atoms with van der Waals surface area (Å²) in [6.07, 6.45) is 13.1. The first-order chi connectivity index (χ1) is 14.0. The SMILES string of the molecule is Cc1c(O)ccc2c1C=CC1C2(C)C(Br)CC2(C)C3CC(C)CCC3(C)CCC12C. The topological polar surface area (TPSA) is 20.2 Å². The summed E-state index contributed by atoms with van der Waals surface area (Å²) in [4.78, 5) is 0.445. The predicted molar refractivity (Wildman–Crippen MR) is 130 cm³/mol. The highest BCUT2D eigenvalue weighted by molar-refractivity contribution is 9.09. The van der Waals surface area contributed by atoms with Crippen molar-refractivity contribution < 1.29 is 5.11 Å². The number of halogens is 1. The summed E-state index contributed by atoms with van der Waals surface area (Å²) in [5, 5.41) is 10.3. The molecule has 1 nitrogen and oxygen atoms in total. The van der Waals surface area contributed by atoms with Crippen molar-refractivity contribution in [1.29, 1.82) is 0 Å². The fraction of sp³-hybridized carbons (Fsp3) is 0.714. The zero-order valence-corrected chi connectivity index (χ0v) is 21.3. The second kappa shape index (κ2) is 6.40. The largest absolute Gasteiger partial charge is 0.508 e. The molecule has 164 valence electrons. The molecule has 1 N–H and O–H groups in total. The van der Waals surface area contributed by atoms with E-state index in [2.05, 4.69) is 75.7 Å². The lowest BCUT2D eigenvalue weighted by molar-refractivity contribution is -0.187. The van der Waals surface area contributed by atoms with Gasteiger partial charge in [0.05, 0.1) is 0 Å². The smallest absolute Gasteiger partial charge is 0.119 e. The number of allylic oxidation sites excluding steroid dienone is 1. The van der Waals surface area contributed by atoms with Crippen LogP contribution in [-0.4, -0.2) is 9.93 Å². The Morgan fingerprint density at radius 2 is 1.77 bits per heavy atom.